The maximum Gasteiger partial charge on any atom is 0.161 e. The molecule has 0 aromatic heterocycles. The average molecular weight is 428 g/mol. The lowest BCUT2D eigenvalue weighted by Crippen LogP contribution is -2.07. The first-order valence-corrected chi connectivity index (χ1v) is 10.4. The lowest BCUT2D eigenvalue weighted by Gasteiger charge is -2.15. The van der Waals surface area contributed by atoms with Gasteiger partial charge in [0.1, 0.15) is 25.2 Å². The highest BCUT2D eigenvalue weighted by Crippen LogP contribution is 2.30. The van der Waals surface area contributed by atoms with Crippen LogP contribution in [0.5, 0.6) is 23.0 Å². The fourth-order valence-electron chi connectivity index (χ4n) is 3.08. The Hall–Kier alpha value is -3.15. The van der Waals surface area contributed by atoms with Crippen LogP contribution in [0.1, 0.15) is 37.0 Å². The molecule has 0 amide bonds. The Morgan fingerprint density at radius 2 is 1.65 bits per heavy atom. The molecule has 6 heteroatoms. The molecule has 2 aromatic carbocycles. The first-order valence-electron chi connectivity index (χ1n) is 10.4. The number of allylic oxidation sites excluding steroid dienone is 1. The van der Waals surface area contributed by atoms with Crippen LogP contribution in [-0.4, -0.2) is 39.8 Å². The molecule has 0 saturated heterocycles. The van der Waals surface area contributed by atoms with Crippen molar-refractivity contribution >= 4 is 5.71 Å². The fraction of sp³-hybridized carbons (Fsp3) is 0.400. The monoisotopic (exact) mass is 427 g/mol. The summed E-state index contributed by atoms with van der Waals surface area (Å²) in [7, 11) is 3.14. The minimum Gasteiger partial charge on any atom is -0.493 e. The Bertz CT molecular complexity index is 882. The molecule has 31 heavy (non-hydrogen) atoms. The van der Waals surface area contributed by atoms with Crippen molar-refractivity contribution in [1.29, 1.82) is 0 Å². The summed E-state index contributed by atoms with van der Waals surface area (Å²) >= 11 is 0. The van der Waals surface area contributed by atoms with Gasteiger partial charge in [-0.2, -0.15) is 0 Å². The van der Waals surface area contributed by atoms with E-state index < -0.39 is 0 Å². The molecule has 0 saturated carbocycles. The summed E-state index contributed by atoms with van der Waals surface area (Å²) in [5.74, 6) is 3.09. The lowest BCUT2D eigenvalue weighted by atomic mass is 10.1. The van der Waals surface area contributed by atoms with Crippen LogP contribution in [0.25, 0.3) is 0 Å². The highest BCUT2D eigenvalue weighted by molar-refractivity contribution is 5.98. The molecule has 6 nitrogen and oxygen atoms in total. The topological polar surface area (TPSA) is 58.5 Å². The Morgan fingerprint density at radius 3 is 2.29 bits per heavy atom. The number of benzene rings is 2. The molecule has 0 unspecified atom stereocenters. The van der Waals surface area contributed by atoms with E-state index in [9.17, 15) is 0 Å². The van der Waals surface area contributed by atoms with Crippen molar-refractivity contribution in [3.8, 4) is 23.0 Å². The number of hydrogen-bond acceptors (Lipinski definition) is 6. The summed E-state index contributed by atoms with van der Waals surface area (Å²) in [4.78, 5) is 4.83. The summed E-state index contributed by atoms with van der Waals surface area (Å²) in [5, 5.41) is 3.95. The van der Waals surface area contributed by atoms with E-state index >= 15 is 0 Å². The number of hydrogen-bond donors (Lipinski definition) is 0. The number of oxime groups is 1. The van der Waals surface area contributed by atoms with E-state index in [2.05, 4.69) is 5.16 Å². The van der Waals surface area contributed by atoms with Gasteiger partial charge in [0.2, 0.25) is 0 Å². The number of rotatable bonds is 12. The smallest absolute Gasteiger partial charge is 0.161 e. The van der Waals surface area contributed by atoms with Gasteiger partial charge in [-0.05, 0) is 69.2 Å². The number of nitrogens with zero attached hydrogens (tertiary/aromatic N) is 1. The molecule has 0 aliphatic carbocycles. The van der Waals surface area contributed by atoms with Crippen LogP contribution in [0.4, 0.5) is 0 Å². The van der Waals surface area contributed by atoms with Gasteiger partial charge in [-0.1, -0.05) is 17.3 Å². The maximum atomic E-state index is 6.01. The molecule has 0 atom stereocenters. The predicted octanol–water partition coefficient (Wildman–Crippen LogP) is 5.49. The fourth-order valence-corrected chi connectivity index (χ4v) is 3.08. The zero-order valence-electron chi connectivity index (χ0n) is 19.4. The van der Waals surface area contributed by atoms with Crippen LogP contribution >= 0.6 is 0 Å². The standard InChI is InChI=1S/C25H33NO5/c1-7-8-12-29-22-15-18(2)25(19(3)16-22)31-14-9-13-30-23-11-10-21(17-24(23)27-5)20(4)26-28-6/h7-8,10-11,15-17H,9,12-14H2,1-6H3/b8-7+,26-20+. The van der Waals surface area contributed by atoms with Crippen molar-refractivity contribution < 1.29 is 23.8 Å². The van der Waals surface area contributed by atoms with Gasteiger partial charge in [0.25, 0.3) is 0 Å². The third-order valence-corrected chi connectivity index (χ3v) is 4.62. The number of ether oxygens (including phenoxy) is 4. The Balaban J connectivity index is 1.87. The second-order valence-electron chi connectivity index (χ2n) is 7.04. The van der Waals surface area contributed by atoms with Crippen LogP contribution in [0.3, 0.4) is 0 Å². The number of aryl methyl sites for hydroxylation is 2. The highest BCUT2D eigenvalue weighted by atomic mass is 16.6. The van der Waals surface area contributed by atoms with Crippen LogP contribution < -0.4 is 18.9 Å². The zero-order chi connectivity index (χ0) is 22.6. The minimum absolute atomic E-state index is 0.517. The molecule has 0 spiro atoms. The van der Waals surface area contributed by atoms with Crippen molar-refractivity contribution in [2.24, 2.45) is 5.16 Å². The Labute approximate surface area is 185 Å². The van der Waals surface area contributed by atoms with Crippen LogP contribution in [0.2, 0.25) is 0 Å². The summed E-state index contributed by atoms with van der Waals surface area (Å²) in [6.45, 7) is 9.55. The van der Waals surface area contributed by atoms with E-state index in [4.69, 9.17) is 23.8 Å². The molecule has 168 valence electrons. The molecule has 0 heterocycles. The molecule has 2 aromatic rings. The molecule has 0 aliphatic heterocycles. The zero-order valence-corrected chi connectivity index (χ0v) is 19.4. The van der Waals surface area contributed by atoms with Crippen LogP contribution in [-0.2, 0) is 4.84 Å². The van der Waals surface area contributed by atoms with Gasteiger partial charge < -0.3 is 23.8 Å². The molecule has 0 aliphatic rings. The Kier molecular flexibility index (Phi) is 9.75. The third kappa shape index (κ3) is 7.24. The van der Waals surface area contributed by atoms with Crippen molar-refractivity contribution in [2.45, 2.75) is 34.1 Å². The molecule has 2 rings (SSSR count). The predicted molar refractivity (Wildman–Crippen MR) is 124 cm³/mol. The SMILES string of the molecule is C/C=C/COc1cc(C)c(OCCCOc2ccc(/C(C)=N/OC)cc2OC)c(C)c1. The first kappa shape index (κ1) is 24.1. The van der Waals surface area contributed by atoms with E-state index in [1.807, 2.05) is 70.2 Å². The van der Waals surface area contributed by atoms with Gasteiger partial charge in [-0.25, -0.2) is 0 Å². The van der Waals surface area contributed by atoms with Crippen molar-refractivity contribution in [1.82, 2.24) is 0 Å². The van der Waals surface area contributed by atoms with Gasteiger partial charge in [-0.3, -0.25) is 0 Å². The van der Waals surface area contributed by atoms with Gasteiger partial charge in [0, 0.05) is 12.0 Å². The second-order valence-corrected chi connectivity index (χ2v) is 7.04. The van der Waals surface area contributed by atoms with Crippen LogP contribution in [0, 0.1) is 13.8 Å². The van der Waals surface area contributed by atoms with Gasteiger partial charge >= 0.3 is 0 Å². The van der Waals surface area contributed by atoms with E-state index in [1.54, 1.807) is 7.11 Å². The van der Waals surface area contributed by atoms with Gasteiger partial charge in [0.05, 0.1) is 26.0 Å². The first-order chi connectivity index (χ1) is 15.0. The quantitative estimate of drug-likeness (QED) is 0.194. The van der Waals surface area contributed by atoms with Crippen molar-refractivity contribution in [2.75, 3.05) is 34.0 Å². The summed E-state index contributed by atoms with van der Waals surface area (Å²) < 4.78 is 23.1. The largest absolute Gasteiger partial charge is 0.493 e. The average Bonchev–Trinajstić information content (AvgIpc) is 2.75. The second kappa shape index (κ2) is 12.5. The molecular formula is C25H33NO5. The molecule has 0 N–H and O–H groups in total. The van der Waals surface area contributed by atoms with Gasteiger partial charge in [0.15, 0.2) is 11.5 Å². The van der Waals surface area contributed by atoms with Crippen molar-refractivity contribution in [3.63, 3.8) is 0 Å². The third-order valence-electron chi connectivity index (χ3n) is 4.62. The lowest BCUT2D eigenvalue weighted by molar-refractivity contribution is 0.213. The molecular weight excluding hydrogens is 394 g/mol. The van der Waals surface area contributed by atoms with E-state index in [1.165, 1.54) is 7.11 Å². The maximum absolute atomic E-state index is 6.01. The number of methoxy groups -OCH3 is 1. The minimum atomic E-state index is 0.517. The van der Waals surface area contributed by atoms with E-state index in [-0.39, 0.29) is 0 Å². The van der Waals surface area contributed by atoms with Gasteiger partial charge in [-0.15, -0.1) is 0 Å². The van der Waals surface area contributed by atoms with Crippen LogP contribution in [0.15, 0.2) is 47.6 Å². The van der Waals surface area contributed by atoms with E-state index in [0.717, 1.165) is 40.3 Å². The molecule has 0 radical (unpaired) electrons. The normalized spacial score (nSPS) is 11.5. The van der Waals surface area contributed by atoms with E-state index in [0.29, 0.717) is 31.3 Å². The molecule has 0 bridgehead atoms. The highest BCUT2D eigenvalue weighted by Gasteiger charge is 2.10. The summed E-state index contributed by atoms with van der Waals surface area (Å²) in [6.07, 6.45) is 4.69. The molecule has 0 fully saturated rings. The van der Waals surface area contributed by atoms with Crippen molar-refractivity contribution in [3.05, 3.63) is 59.2 Å². The Morgan fingerprint density at radius 1 is 0.935 bits per heavy atom. The summed E-state index contributed by atoms with van der Waals surface area (Å²) in [5.41, 5.74) is 3.80. The summed E-state index contributed by atoms with van der Waals surface area (Å²) in [6, 6.07) is 9.70.